The van der Waals surface area contributed by atoms with Crippen LogP contribution in [-0.2, 0) is 0 Å². The summed E-state index contributed by atoms with van der Waals surface area (Å²) >= 11 is 0. The van der Waals surface area contributed by atoms with Crippen molar-refractivity contribution in [1.29, 1.82) is 0 Å². The Hall–Kier alpha value is -3.48. The predicted molar refractivity (Wildman–Crippen MR) is 104 cm³/mol. The fourth-order valence-electron chi connectivity index (χ4n) is 2.47. The molecule has 0 saturated heterocycles. The van der Waals surface area contributed by atoms with Crippen LogP contribution >= 0.6 is 0 Å². The molecular weight excluding hydrogens is 364 g/mol. The van der Waals surface area contributed by atoms with E-state index in [4.69, 9.17) is 4.74 Å². The standard InChI is InChI=1S/C21H19F2N3O2/c1-13(2)28-17-6-4-15(5-7-17)25-16-9-10-24-20(12-16)21(27)26-19-8-3-14(22)11-18(19)23/h3-13H,1-2H3,(H,24,25)(H,26,27). The Morgan fingerprint density at radius 2 is 1.75 bits per heavy atom. The molecule has 5 nitrogen and oxygen atoms in total. The van der Waals surface area contributed by atoms with E-state index in [0.29, 0.717) is 11.8 Å². The number of ether oxygens (including phenoxy) is 1. The summed E-state index contributed by atoms with van der Waals surface area (Å²) in [5, 5.41) is 5.55. The van der Waals surface area contributed by atoms with Crippen LogP contribution in [0.5, 0.6) is 5.75 Å². The molecule has 0 bridgehead atoms. The fourth-order valence-corrected chi connectivity index (χ4v) is 2.47. The fraction of sp³-hybridized carbons (Fsp3) is 0.143. The highest BCUT2D eigenvalue weighted by Gasteiger charge is 2.12. The Morgan fingerprint density at radius 1 is 1.00 bits per heavy atom. The van der Waals surface area contributed by atoms with E-state index in [0.717, 1.165) is 23.6 Å². The molecule has 0 unspecified atom stereocenters. The first-order chi connectivity index (χ1) is 13.4. The summed E-state index contributed by atoms with van der Waals surface area (Å²) in [6, 6.07) is 13.6. The molecule has 0 fully saturated rings. The van der Waals surface area contributed by atoms with Crippen LogP contribution < -0.4 is 15.4 Å². The van der Waals surface area contributed by atoms with Gasteiger partial charge in [-0.1, -0.05) is 0 Å². The SMILES string of the molecule is CC(C)Oc1ccc(Nc2ccnc(C(=O)Nc3ccc(F)cc3F)c2)cc1. The molecule has 7 heteroatoms. The van der Waals surface area contributed by atoms with Crippen molar-refractivity contribution in [1.82, 2.24) is 4.98 Å². The number of amides is 1. The molecular formula is C21H19F2N3O2. The predicted octanol–water partition coefficient (Wildman–Crippen LogP) is 5.14. The molecule has 2 aromatic carbocycles. The van der Waals surface area contributed by atoms with Gasteiger partial charge in [0.1, 0.15) is 23.1 Å². The highest BCUT2D eigenvalue weighted by Crippen LogP contribution is 2.22. The number of nitrogens with one attached hydrogen (secondary N) is 2. The van der Waals surface area contributed by atoms with Gasteiger partial charge in [-0.05, 0) is 62.4 Å². The van der Waals surface area contributed by atoms with Crippen LogP contribution in [0, 0.1) is 11.6 Å². The van der Waals surface area contributed by atoms with Gasteiger partial charge in [0.05, 0.1) is 11.8 Å². The van der Waals surface area contributed by atoms with Crippen molar-refractivity contribution >= 4 is 23.0 Å². The van der Waals surface area contributed by atoms with Crippen molar-refractivity contribution in [3.05, 3.63) is 78.1 Å². The first-order valence-corrected chi connectivity index (χ1v) is 8.67. The molecule has 0 aliphatic rings. The Labute approximate surface area is 161 Å². The van der Waals surface area contributed by atoms with Crippen molar-refractivity contribution in [3.8, 4) is 5.75 Å². The lowest BCUT2D eigenvalue weighted by atomic mass is 10.2. The van der Waals surface area contributed by atoms with Crippen LogP contribution in [0.15, 0.2) is 60.8 Å². The molecule has 3 rings (SSSR count). The Bertz CT molecular complexity index is 976. The minimum atomic E-state index is -0.855. The van der Waals surface area contributed by atoms with Crippen LogP contribution in [0.3, 0.4) is 0 Å². The summed E-state index contributed by atoms with van der Waals surface area (Å²) < 4.78 is 32.3. The average molecular weight is 383 g/mol. The Kier molecular flexibility index (Phi) is 5.84. The third kappa shape index (κ3) is 5.03. The van der Waals surface area contributed by atoms with Gasteiger partial charge in [0.2, 0.25) is 0 Å². The molecule has 1 amide bonds. The maximum Gasteiger partial charge on any atom is 0.274 e. The number of rotatable bonds is 6. The number of halogens is 2. The van der Waals surface area contributed by atoms with Gasteiger partial charge < -0.3 is 15.4 Å². The van der Waals surface area contributed by atoms with Crippen molar-refractivity contribution in [3.63, 3.8) is 0 Å². The highest BCUT2D eigenvalue weighted by molar-refractivity contribution is 6.03. The van der Waals surface area contributed by atoms with Crippen molar-refractivity contribution in [2.75, 3.05) is 10.6 Å². The number of hydrogen-bond acceptors (Lipinski definition) is 4. The number of aromatic nitrogens is 1. The zero-order valence-electron chi connectivity index (χ0n) is 15.4. The maximum absolute atomic E-state index is 13.7. The van der Waals surface area contributed by atoms with Gasteiger partial charge in [-0.15, -0.1) is 0 Å². The van der Waals surface area contributed by atoms with Crippen LogP contribution in [-0.4, -0.2) is 17.0 Å². The maximum atomic E-state index is 13.7. The van der Waals surface area contributed by atoms with Crippen molar-refractivity contribution < 1.29 is 18.3 Å². The second-order valence-corrected chi connectivity index (χ2v) is 6.32. The number of anilines is 3. The van der Waals surface area contributed by atoms with Crippen LogP contribution in [0.1, 0.15) is 24.3 Å². The first kappa shape index (κ1) is 19.3. The molecule has 0 aliphatic heterocycles. The number of carbonyl (C=O) groups excluding carboxylic acids is 1. The van der Waals surface area contributed by atoms with Crippen molar-refractivity contribution in [2.24, 2.45) is 0 Å². The van der Waals surface area contributed by atoms with E-state index in [1.165, 1.54) is 12.3 Å². The third-order valence-electron chi connectivity index (χ3n) is 3.69. The van der Waals surface area contributed by atoms with Crippen molar-refractivity contribution in [2.45, 2.75) is 20.0 Å². The van der Waals surface area contributed by atoms with E-state index in [1.807, 2.05) is 38.1 Å². The van der Waals surface area contributed by atoms with Gasteiger partial charge in [-0.3, -0.25) is 9.78 Å². The highest BCUT2D eigenvalue weighted by atomic mass is 19.1. The van der Waals surface area contributed by atoms with Gasteiger partial charge in [0, 0.05) is 23.6 Å². The van der Waals surface area contributed by atoms with E-state index in [1.54, 1.807) is 6.07 Å². The molecule has 0 atom stereocenters. The average Bonchev–Trinajstić information content (AvgIpc) is 2.65. The second kappa shape index (κ2) is 8.47. The molecule has 28 heavy (non-hydrogen) atoms. The monoisotopic (exact) mass is 383 g/mol. The van der Waals surface area contributed by atoms with Crippen LogP contribution in [0.25, 0.3) is 0 Å². The lowest BCUT2D eigenvalue weighted by molar-refractivity contribution is 0.102. The zero-order chi connectivity index (χ0) is 20.1. The summed E-state index contributed by atoms with van der Waals surface area (Å²) in [4.78, 5) is 16.3. The summed E-state index contributed by atoms with van der Waals surface area (Å²) in [6.07, 6.45) is 1.56. The van der Waals surface area contributed by atoms with E-state index >= 15 is 0 Å². The van der Waals surface area contributed by atoms with Gasteiger partial charge >= 0.3 is 0 Å². The molecule has 0 radical (unpaired) electrons. The smallest absolute Gasteiger partial charge is 0.274 e. The molecule has 0 saturated carbocycles. The van der Waals surface area contributed by atoms with Gasteiger partial charge in [0.15, 0.2) is 0 Å². The molecule has 2 N–H and O–H groups in total. The molecule has 3 aromatic rings. The topological polar surface area (TPSA) is 63.2 Å². The molecule has 0 spiro atoms. The summed E-state index contributed by atoms with van der Waals surface area (Å²) in [7, 11) is 0. The number of benzene rings is 2. The molecule has 0 aliphatic carbocycles. The second-order valence-electron chi connectivity index (χ2n) is 6.32. The van der Waals surface area contributed by atoms with E-state index in [9.17, 15) is 13.6 Å². The van der Waals surface area contributed by atoms with E-state index < -0.39 is 17.5 Å². The Morgan fingerprint density at radius 3 is 2.43 bits per heavy atom. The Balaban J connectivity index is 1.70. The van der Waals surface area contributed by atoms with Gasteiger partial charge in [0.25, 0.3) is 5.91 Å². The minimum Gasteiger partial charge on any atom is -0.491 e. The third-order valence-corrected chi connectivity index (χ3v) is 3.69. The zero-order valence-corrected chi connectivity index (χ0v) is 15.4. The number of pyridine rings is 1. The number of hydrogen-bond donors (Lipinski definition) is 2. The molecule has 1 aromatic heterocycles. The normalized spacial score (nSPS) is 10.6. The summed E-state index contributed by atoms with van der Waals surface area (Å²) in [5.41, 5.74) is 1.41. The number of nitrogens with zero attached hydrogens (tertiary/aromatic N) is 1. The van der Waals surface area contributed by atoms with E-state index in [2.05, 4.69) is 15.6 Å². The largest absolute Gasteiger partial charge is 0.491 e. The van der Waals surface area contributed by atoms with E-state index in [-0.39, 0.29) is 17.5 Å². The minimum absolute atomic E-state index is 0.0889. The first-order valence-electron chi connectivity index (χ1n) is 8.67. The van der Waals surface area contributed by atoms with Crippen LogP contribution in [0.2, 0.25) is 0 Å². The lowest BCUT2D eigenvalue weighted by Gasteiger charge is -2.12. The lowest BCUT2D eigenvalue weighted by Crippen LogP contribution is -2.15. The summed E-state index contributed by atoms with van der Waals surface area (Å²) in [6.45, 7) is 3.90. The van der Waals surface area contributed by atoms with Gasteiger partial charge in [-0.25, -0.2) is 8.78 Å². The summed E-state index contributed by atoms with van der Waals surface area (Å²) in [5.74, 6) is -1.41. The molecule has 144 valence electrons. The van der Waals surface area contributed by atoms with Gasteiger partial charge in [-0.2, -0.15) is 0 Å². The number of carbonyl (C=O) groups is 1. The quantitative estimate of drug-likeness (QED) is 0.618. The molecule has 1 heterocycles. The van der Waals surface area contributed by atoms with Crippen LogP contribution in [0.4, 0.5) is 25.8 Å².